The van der Waals surface area contributed by atoms with Gasteiger partial charge in [0, 0.05) is 13.1 Å². The zero-order chi connectivity index (χ0) is 19.6. The number of aryl methyl sites for hydroxylation is 1. The van der Waals surface area contributed by atoms with Gasteiger partial charge in [0.15, 0.2) is 11.5 Å². The van der Waals surface area contributed by atoms with E-state index in [-0.39, 0.29) is 12.7 Å². The Bertz CT molecular complexity index is 895. The highest BCUT2D eigenvalue weighted by Crippen LogP contribution is 2.32. The standard InChI is InChI=1S/C19H23N5O3S/c1-19(2,17-22-18(23-28-17)24-9-8-20-11-24)16(25)21-7-3-4-13-5-6-14-15(10-13)27-12-26-14/h5-6,10-11H,3-4,7-9,12H2,1-2H3,(H,21,25). The number of benzene rings is 1. The van der Waals surface area contributed by atoms with Gasteiger partial charge in [-0.15, -0.1) is 0 Å². The number of aromatic nitrogens is 2. The van der Waals surface area contributed by atoms with Crippen molar-refractivity contribution in [3.63, 3.8) is 0 Å². The average Bonchev–Trinajstić information content (AvgIpc) is 3.45. The number of aliphatic imine (C=N–C) groups is 1. The van der Waals surface area contributed by atoms with E-state index in [2.05, 4.69) is 19.7 Å². The zero-order valence-electron chi connectivity index (χ0n) is 16.0. The van der Waals surface area contributed by atoms with Gasteiger partial charge in [0.25, 0.3) is 0 Å². The fourth-order valence-corrected chi connectivity index (χ4v) is 3.78. The molecular weight excluding hydrogens is 378 g/mol. The van der Waals surface area contributed by atoms with Crippen molar-refractivity contribution >= 4 is 29.7 Å². The second kappa shape index (κ2) is 7.75. The van der Waals surface area contributed by atoms with Crippen LogP contribution in [0.5, 0.6) is 11.5 Å². The Morgan fingerprint density at radius 1 is 1.32 bits per heavy atom. The van der Waals surface area contributed by atoms with Crippen LogP contribution in [0.15, 0.2) is 23.2 Å². The number of ether oxygens (including phenoxy) is 2. The lowest BCUT2D eigenvalue weighted by atomic mass is 9.93. The minimum atomic E-state index is -0.731. The van der Waals surface area contributed by atoms with E-state index < -0.39 is 5.41 Å². The number of hydrogen-bond donors (Lipinski definition) is 1. The Morgan fingerprint density at radius 2 is 2.18 bits per heavy atom. The molecule has 1 aromatic heterocycles. The topological polar surface area (TPSA) is 88.9 Å². The number of carbonyl (C=O) groups excluding carboxylic acids is 1. The Balaban J connectivity index is 1.28. The molecule has 1 amide bonds. The molecule has 3 heterocycles. The molecule has 2 aliphatic rings. The summed E-state index contributed by atoms with van der Waals surface area (Å²) < 4.78 is 15.1. The number of nitrogens with zero attached hydrogens (tertiary/aromatic N) is 4. The highest BCUT2D eigenvalue weighted by atomic mass is 32.1. The van der Waals surface area contributed by atoms with Gasteiger partial charge in [0.05, 0.1) is 18.3 Å². The minimum absolute atomic E-state index is 0.0454. The van der Waals surface area contributed by atoms with Gasteiger partial charge >= 0.3 is 0 Å². The molecule has 0 atom stereocenters. The number of carbonyl (C=O) groups is 1. The quantitative estimate of drug-likeness (QED) is 0.715. The van der Waals surface area contributed by atoms with Crippen molar-refractivity contribution in [1.82, 2.24) is 14.7 Å². The van der Waals surface area contributed by atoms with E-state index in [1.165, 1.54) is 17.1 Å². The summed E-state index contributed by atoms with van der Waals surface area (Å²) >= 11 is 1.27. The van der Waals surface area contributed by atoms with Gasteiger partial charge in [-0.1, -0.05) is 6.07 Å². The van der Waals surface area contributed by atoms with Crippen LogP contribution in [0.2, 0.25) is 0 Å². The number of hydrogen-bond acceptors (Lipinski definition) is 8. The van der Waals surface area contributed by atoms with E-state index in [1.54, 1.807) is 6.34 Å². The maximum atomic E-state index is 12.7. The highest BCUT2D eigenvalue weighted by molar-refractivity contribution is 7.06. The van der Waals surface area contributed by atoms with Crippen LogP contribution in [-0.4, -0.2) is 48.0 Å². The van der Waals surface area contributed by atoms with E-state index in [4.69, 9.17) is 9.47 Å². The van der Waals surface area contributed by atoms with Crippen LogP contribution >= 0.6 is 11.5 Å². The first kappa shape index (κ1) is 18.7. The molecule has 1 aromatic carbocycles. The van der Waals surface area contributed by atoms with Crippen molar-refractivity contribution in [2.75, 3.05) is 31.3 Å². The van der Waals surface area contributed by atoms with E-state index in [1.807, 2.05) is 36.9 Å². The first-order chi connectivity index (χ1) is 13.5. The van der Waals surface area contributed by atoms with Crippen LogP contribution in [0.1, 0.15) is 30.8 Å². The monoisotopic (exact) mass is 401 g/mol. The molecule has 1 N–H and O–H groups in total. The van der Waals surface area contributed by atoms with Crippen LogP contribution in [0.4, 0.5) is 5.95 Å². The van der Waals surface area contributed by atoms with Gasteiger partial charge < -0.3 is 14.8 Å². The molecule has 9 heteroatoms. The zero-order valence-corrected chi connectivity index (χ0v) is 16.8. The number of fused-ring (bicyclic) bond motifs is 1. The molecule has 2 aromatic rings. The molecule has 0 unspecified atom stereocenters. The van der Waals surface area contributed by atoms with Crippen molar-refractivity contribution < 1.29 is 14.3 Å². The van der Waals surface area contributed by atoms with E-state index in [0.717, 1.165) is 37.4 Å². The summed E-state index contributed by atoms with van der Waals surface area (Å²) in [6, 6.07) is 5.96. The summed E-state index contributed by atoms with van der Waals surface area (Å²) in [6.45, 7) is 6.17. The first-order valence-electron chi connectivity index (χ1n) is 9.31. The molecule has 28 heavy (non-hydrogen) atoms. The number of nitrogens with one attached hydrogen (secondary N) is 1. The molecule has 0 bridgehead atoms. The molecule has 0 aliphatic carbocycles. The molecule has 4 rings (SSSR count). The molecule has 0 radical (unpaired) electrons. The summed E-state index contributed by atoms with van der Waals surface area (Å²) in [4.78, 5) is 23.3. The van der Waals surface area contributed by atoms with Crippen molar-refractivity contribution in [2.24, 2.45) is 4.99 Å². The SMILES string of the molecule is CC(C)(C(=O)NCCCc1ccc2c(c1)OCO2)c1nc(N2C=NCC2)ns1. The van der Waals surface area contributed by atoms with Crippen LogP contribution < -0.4 is 19.7 Å². The van der Waals surface area contributed by atoms with Crippen molar-refractivity contribution in [3.8, 4) is 11.5 Å². The van der Waals surface area contributed by atoms with Gasteiger partial charge in [0.1, 0.15) is 5.01 Å². The number of anilines is 1. The molecule has 0 saturated heterocycles. The van der Waals surface area contributed by atoms with Gasteiger partial charge in [-0.2, -0.15) is 4.37 Å². The second-order valence-electron chi connectivity index (χ2n) is 7.29. The van der Waals surface area contributed by atoms with E-state index >= 15 is 0 Å². The maximum absolute atomic E-state index is 12.7. The largest absolute Gasteiger partial charge is 0.454 e. The molecule has 2 aliphatic heterocycles. The second-order valence-corrected chi connectivity index (χ2v) is 8.04. The summed E-state index contributed by atoms with van der Waals surface area (Å²) in [5.74, 6) is 2.15. The molecule has 0 spiro atoms. The third kappa shape index (κ3) is 3.80. The predicted molar refractivity (Wildman–Crippen MR) is 108 cm³/mol. The summed E-state index contributed by atoms with van der Waals surface area (Å²) in [5, 5.41) is 3.73. The fraction of sp³-hybridized carbons (Fsp3) is 0.474. The van der Waals surface area contributed by atoms with Gasteiger partial charge in [-0.3, -0.25) is 14.7 Å². The van der Waals surface area contributed by atoms with E-state index in [0.29, 0.717) is 17.5 Å². The van der Waals surface area contributed by atoms with Crippen LogP contribution in [0.25, 0.3) is 0 Å². The molecule has 148 valence electrons. The lowest BCUT2D eigenvalue weighted by molar-refractivity contribution is -0.125. The highest BCUT2D eigenvalue weighted by Gasteiger charge is 2.34. The fourth-order valence-electron chi connectivity index (χ4n) is 3.03. The number of amides is 1. The minimum Gasteiger partial charge on any atom is -0.454 e. The predicted octanol–water partition coefficient (Wildman–Crippen LogP) is 2.14. The van der Waals surface area contributed by atoms with Crippen LogP contribution in [0.3, 0.4) is 0 Å². The Morgan fingerprint density at radius 3 is 3.00 bits per heavy atom. The van der Waals surface area contributed by atoms with Crippen molar-refractivity contribution in [3.05, 3.63) is 28.8 Å². The van der Waals surface area contributed by atoms with Gasteiger partial charge in [0.2, 0.25) is 18.6 Å². The summed E-state index contributed by atoms with van der Waals surface area (Å²) in [5.41, 5.74) is 0.435. The average molecular weight is 401 g/mol. The molecule has 0 saturated carbocycles. The Kier molecular flexibility index (Phi) is 5.17. The van der Waals surface area contributed by atoms with Gasteiger partial charge in [-0.05, 0) is 55.9 Å². The third-order valence-electron chi connectivity index (χ3n) is 4.83. The summed E-state index contributed by atoms with van der Waals surface area (Å²) in [6.07, 6.45) is 3.44. The van der Waals surface area contributed by atoms with Crippen LogP contribution in [0, 0.1) is 0 Å². The smallest absolute Gasteiger partial charge is 0.242 e. The lowest BCUT2D eigenvalue weighted by Gasteiger charge is -2.20. The van der Waals surface area contributed by atoms with Crippen molar-refractivity contribution in [2.45, 2.75) is 32.1 Å². The normalized spacial score (nSPS) is 15.3. The number of rotatable bonds is 7. The lowest BCUT2D eigenvalue weighted by Crippen LogP contribution is -2.40. The molecular formula is C19H23N5O3S. The third-order valence-corrected chi connectivity index (χ3v) is 5.86. The van der Waals surface area contributed by atoms with Crippen LogP contribution in [-0.2, 0) is 16.6 Å². The summed E-state index contributed by atoms with van der Waals surface area (Å²) in [7, 11) is 0. The van der Waals surface area contributed by atoms with Gasteiger partial charge in [-0.25, -0.2) is 4.98 Å². The first-order valence-corrected chi connectivity index (χ1v) is 10.1. The Labute approximate surface area is 167 Å². The molecule has 8 nitrogen and oxygen atoms in total. The van der Waals surface area contributed by atoms with E-state index in [9.17, 15) is 4.79 Å². The molecule has 0 fully saturated rings. The Hall–Kier alpha value is -2.68. The maximum Gasteiger partial charge on any atom is 0.242 e. The van der Waals surface area contributed by atoms with Crippen molar-refractivity contribution in [1.29, 1.82) is 0 Å².